The number of amides is 2. The van der Waals surface area contributed by atoms with Crippen molar-refractivity contribution >= 4 is 35.4 Å². The molecule has 0 saturated carbocycles. The van der Waals surface area contributed by atoms with E-state index >= 15 is 0 Å². The van der Waals surface area contributed by atoms with Gasteiger partial charge in [0.15, 0.2) is 6.10 Å². The van der Waals surface area contributed by atoms with Crippen molar-refractivity contribution in [2.45, 2.75) is 90.9 Å². The summed E-state index contributed by atoms with van der Waals surface area (Å²) in [6.07, 6.45) is 1.18. The minimum absolute atomic E-state index is 0.0121. The first-order chi connectivity index (χ1) is 23.2. The second-order valence-corrected chi connectivity index (χ2v) is 14.2. The Balaban J connectivity index is 1.60. The fraction of sp³-hybridized carbons (Fsp3) is 0.514. The molecule has 0 spiro atoms. The molecule has 4 rings (SSSR count). The van der Waals surface area contributed by atoms with Gasteiger partial charge in [0.25, 0.3) is 0 Å². The van der Waals surface area contributed by atoms with Crippen LogP contribution in [0, 0.1) is 17.3 Å². The van der Waals surface area contributed by atoms with Gasteiger partial charge in [-0.2, -0.15) is 0 Å². The SMILES string of the molecule is COc1ccc(C[C@H]2NC(=O)/C=C\C[C@@H]([C@H](C)[C@H]3O[C@@H]3c3ccc(CN)cc3)OC(=O)[C@H](CC(C)C)OC(=O)C(C)(C)CNC2=O)cc1Cl. The minimum atomic E-state index is -1.21. The number of nitrogens with two attached hydrogens (primary N) is 1. The number of benzene rings is 2. The van der Waals surface area contributed by atoms with Crippen molar-refractivity contribution in [1.29, 1.82) is 0 Å². The molecule has 2 heterocycles. The molecular weight excluding hydrogens is 650 g/mol. The van der Waals surface area contributed by atoms with E-state index in [1.165, 1.54) is 13.2 Å². The second-order valence-electron chi connectivity index (χ2n) is 13.8. The number of carbonyl (C=O) groups is 4. The first-order valence-electron chi connectivity index (χ1n) is 16.7. The summed E-state index contributed by atoms with van der Waals surface area (Å²) in [5.41, 5.74) is 7.22. The van der Waals surface area contributed by atoms with Gasteiger partial charge >= 0.3 is 11.9 Å². The quantitative estimate of drug-likeness (QED) is 0.252. The molecule has 0 aliphatic carbocycles. The fourth-order valence-corrected chi connectivity index (χ4v) is 5.95. The van der Waals surface area contributed by atoms with E-state index in [0.29, 0.717) is 22.9 Å². The lowest BCUT2D eigenvalue weighted by molar-refractivity contribution is -0.179. The van der Waals surface area contributed by atoms with E-state index in [-0.39, 0.29) is 49.9 Å². The van der Waals surface area contributed by atoms with Gasteiger partial charge in [-0.1, -0.05) is 68.8 Å². The number of halogens is 1. The Kier molecular flexibility index (Phi) is 12.9. The van der Waals surface area contributed by atoms with Crippen LogP contribution < -0.4 is 21.1 Å². The number of epoxide rings is 1. The van der Waals surface area contributed by atoms with Crippen molar-refractivity contribution in [2.75, 3.05) is 13.7 Å². The zero-order valence-electron chi connectivity index (χ0n) is 29.0. The smallest absolute Gasteiger partial charge is 0.347 e. The lowest BCUT2D eigenvalue weighted by Gasteiger charge is -2.29. The fourth-order valence-electron chi connectivity index (χ4n) is 5.67. The van der Waals surface area contributed by atoms with Gasteiger partial charge in [0.05, 0.1) is 23.7 Å². The second kappa shape index (κ2) is 16.7. The Labute approximate surface area is 293 Å². The van der Waals surface area contributed by atoms with E-state index in [1.807, 2.05) is 45.0 Å². The molecule has 0 bridgehead atoms. The first kappa shape index (κ1) is 37.9. The van der Waals surface area contributed by atoms with E-state index in [0.717, 1.165) is 11.1 Å². The summed E-state index contributed by atoms with van der Waals surface area (Å²) >= 11 is 6.32. The van der Waals surface area contributed by atoms with Crippen molar-refractivity contribution in [1.82, 2.24) is 10.6 Å². The van der Waals surface area contributed by atoms with Crippen molar-refractivity contribution < 1.29 is 38.1 Å². The Hall–Kier alpha value is -3.93. The number of hydrogen-bond donors (Lipinski definition) is 3. The van der Waals surface area contributed by atoms with E-state index in [1.54, 1.807) is 38.1 Å². The molecule has 266 valence electrons. The summed E-state index contributed by atoms with van der Waals surface area (Å²) < 4.78 is 23.1. The van der Waals surface area contributed by atoms with Crippen LogP contribution >= 0.6 is 11.6 Å². The number of methoxy groups -OCH3 is 1. The molecule has 2 aromatic carbocycles. The molecule has 0 radical (unpaired) electrons. The Bertz CT molecular complexity index is 1530. The molecule has 11 nitrogen and oxygen atoms in total. The van der Waals surface area contributed by atoms with Gasteiger partial charge in [0.2, 0.25) is 11.8 Å². The van der Waals surface area contributed by atoms with Gasteiger partial charge < -0.3 is 35.3 Å². The van der Waals surface area contributed by atoms with Crippen LogP contribution in [-0.4, -0.2) is 61.8 Å². The molecule has 0 aromatic heterocycles. The minimum Gasteiger partial charge on any atom is -0.495 e. The highest BCUT2D eigenvalue weighted by Crippen LogP contribution is 2.45. The number of nitrogens with one attached hydrogen (secondary N) is 2. The van der Waals surface area contributed by atoms with Crippen LogP contribution in [0.1, 0.15) is 70.3 Å². The summed E-state index contributed by atoms with van der Waals surface area (Å²) in [6, 6.07) is 12.0. The standard InChI is InChI=1S/C37H48ClN3O8/c1-21(2)16-30-35(44)47-28(22(3)32-33(49-32)25-13-10-23(19-39)11-14-25)8-7-9-31(42)41-27(18-24-12-15-29(46-6)26(38)17-24)34(43)40-20-37(4,5)36(45)48-30/h7,9-15,17,21-22,27-28,30,32-33H,8,16,18-20,39H2,1-6H3,(H,40,43)(H,41,42)/b9-7-/t22-,27+,28-,30-,32+,33+/m0/s1. The summed E-state index contributed by atoms with van der Waals surface area (Å²) in [7, 11) is 1.50. The monoisotopic (exact) mass is 697 g/mol. The maximum Gasteiger partial charge on any atom is 0.347 e. The zero-order chi connectivity index (χ0) is 35.9. The van der Waals surface area contributed by atoms with Crippen molar-refractivity contribution in [3.63, 3.8) is 0 Å². The Morgan fingerprint density at radius 1 is 1.02 bits per heavy atom. The molecule has 1 saturated heterocycles. The molecule has 1 fully saturated rings. The van der Waals surface area contributed by atoms with Crippen LogP contribution in [0.2, 0.25) is 5.02 Å². The molecule has 6 atom stereocenters. The highest BCUT2D eigenvalue weighted by Gasteiger charge is 2.48. The van der Waals surface area contributed by atoms with Gasteiger partial charge in [-0.25, -0.2) is 4.79 Å². The molecule has 2 aliphatic rings. The van der Waals surface area contributed by atoms with Gasteiger partial charge in [0.1, 0.15) is 24.0 Å². The number of cyclic esters (lactones) is 2. The Morgan fingerprint density at radius 3 is 2.35 bits per heavy atom. The van der Waals surface area contributed by atoms with Crippen molar-refractivity contribution in [2.24, 2.45) is 23.0 Å². The average molecular weight is 698 g/mol. The summed E-state index contributed by atoms with van der Waals surface area (Å²) in [4.78, 5) is 53.7. The highest BCUT2D eigenvalue weighted by molar-refractivity contribution is 6.32. The molecule has 49 heavy (non-hydrogen) atoms. The summed E-state index contributed by atoms with van der Waals surface area (Å²) in [5.74, 6) is -2.14. The first-order valence-corrected chi connectivity index (χ1v) is 17.0. The Morgan fingerprint density at radius 2 is 1.71 bits per heavy atom. The normalized spacial score (nSPS) is 26.2. The highest BCUT2D eigenvalue weighted by atomic mass is 35.5. The molecule has 0 unspecified atom stereocenters. The topological polar surface area (TPSA) is 159 Å². The molecule has 4 N–H and O–H groups in total. The van der Waals surface area contributed by atoms with E-state index in [9.17, 15) is 19.2 Å². The lowest BCUT2D eigenvalue weighted by Crippen LogP contribution is -2.51. The third-order valence-electron chi connectivity index (χ3n) is 8.82. The van der Waals surface area contributed by atoms with Crippen molar-refractivity contribution in [3.8, 4) is 5.75 Å². The maximum atomic E-state index is 13.6. The third-order valence-corrected chi connectivity index (χ3v) is 9.12. The predicted octanol–water partition coefficient (Wildman–Crippen LogP) is 4.58. The number of hydrogen-bond acceptors (Lipinski definition) is 9. The molecule has 2 aliphatic heterocycles. The third kappa shape index (κ3) is 10.3. The van der Waals surface area contributed by atoms with E-state index in [2.05, 4.69) is 10.6 Å². The largest absolute Gasteiger partial charge is 0.495 e. The predicted molar refractivity (Wildman–Crippen MR) is 185 cm³/mol. The van der Waals surface area contributed by atoms with Crippen LogP contribution in [0.4, 0.5) is 0 Å². The van der Waals surface area contributed by atoms with Gasteiger partial charge in [-0.15, -0.1) is 0 Å². The van der Waals surface area contributed by atoms with Crippen LogP contribution in [0.5, 0.6) is 5.75 Å². The summed E-state index contributed by atoms with van der Waals surface area (Å²) in [6.45, 7) is 9.33. The number of esters is 2. The maximum absolute atomic E-state index is 13.6. The molecule has 12 heteroatoms. The van der Waals surface area contributed by atoms with Gasteiger partial charge in [-0.05, 0) is 61.1 Å². The molecular formula is C37H48ClN3O8. The van der Waals surface area contributed by atoms with E-state index < -0.39 is 47.4 Å². The molecule has 2 aromatic rings. The number of carbonyl (C=O) groups excluding carboxylic acids is 4. The van der Waals surface area contributed by atoms with Crippen LogP contribution in [0.15, 0.2) is 54.6 Å². The van der Waals surface area contributed by atoms with Gasteiger partial charge in [0, 0.05) is 31.8 Å². The van der Waals surface area contributed by atoms with Crippen LogP contribution in [0.3, 0.4) is 0 Å². The van der Waals surface area contributed by atoms with Crippen LogP contribution in [0.25, 0.3) is 0 Å². The van der Waals surface area contributed by atoms with Crippen molar-refractivity contribution in [3.05, 3.63) is 76.3 Å². The summed E-state index contributed by atoms with van der Waals surface area (Å²) in [5, 5.41) is 5.91. The zero-order valence-corrected chi connectivity index (χ0v) is 29.8. The average Bonchev–Trinajstić information content (AvgIpc) is 3.86. The van der Waals surface area contributed by atoms with Crippen LogP contribution in [-0.2, 0) is 46.4 Å². The lowest BCUT2D eigenvalue weighted by atomic mass is 9.92. The van der Waals surface area contributed by atoms with Gasteiger partial charge in [-0.3, -0.25) is 14.4 Å². The number of ether oxygens (including phenoxy) is 4. The number of rotatable bonds is 9. The van der Waals surface area contributed by atoms with E-state index in [4.69, 9.17) is 36.3 Å². The molecule has 2 amide bonds.